The van der Waals surface area contributed by atoms with E-state index in [2.05, 4.69) is 10.6 Å². The van der Waals surface area contributed by atoms with Crippen LogP contribution in [-0.4, -0.2) is 56.1 Å². The summed E-state index contributed by atoms with van der Waals surface area (Å²) in [4.78, 5) is 16.9. The summed E-state index contributed by atoms with van der Waals surface area (Å²) in [5.74, 6) is 0. The lowest BCUT2D eigenvalue weighted by Gasteiger charge is -2.25. The van der Waals surface area contributed by atoms with Crippen LogP contribution in [0.5, 0.6) is 0 Å². The van der Waals surface area contributed by atoms with Gasteiger partial charge in [-0.3, -0.25) is 0 Å². The van der Waals surface area contributed by atoms with Gasteiger partial charge in [-0.2, -0.15) is 0 Å². The van der Waals surface area contributed by atoms with Gasteiger partial charge in [0.2, 0.25) is 0 Å². The predicted octanol–water partition coefficient (Wildman–Crippen LogP) is 1.52. The Kier molecular flexibility index (Phi) is 7.87. The van der Waals surface area contributed by atoms with Crippen LogP contribution < -0.4 is 10.6 Å². The van der Waals surface area contributed by atoms with Crippen LogP contribution >= 0.6 is 0 Å². The number of hydrogen-bond acceptors (Lipinski definition) is 6. The van der Waals surface area contributed by atoms with Crippen molar-refractivity contribution in [3.05, 3.63) is 0 Å². The number of hydrogen-bond donors (Lipinski definition) is 2. The third-order valence-corrected chi connectivity index (χ3v) is 2.88. The van der Waals surface area contributed by atoms with Gasteiger partial charge in [0, 0.05) is 26.2 Å². The second-order valence-corrected chi connectivity index (χ2v) is 6.05. The molecule has 6 nitrogen and oxygen atoms in total. The molecule has 2 N–H and O–H groups in total. The molecule has 0 aromatic carbocycles. The summed E-state index contributed by atoms with van der Waals surface area (Å²) in [5, 5.41) is 8.38. The highest BCUT2D eigenvalue weighted by Crippen LogP contribution is 2.09. The van der Waals surface area contributed by atoms with Crippen LogP contribution in [0.1, 0.15) is 40.0 Å². The fraction of sp³-hybridized carbons (Fsp3) is 0.929. The van der Waals surface area contributed by atoms with Crippen molar-refractivity contribution in [2.45, 2.75) is 45.6 Å². The first-order valence-corrected chi connectivity index (χ1v) is 7.55. The zero-order valence-corrected chi connectivity index (χ0v) is 13.0. The van der Waals surface area contributed by atoms with E-state index in [9.17, 15) is 4.79 Å². The van der Waals surface area contributed by atoms with Gasteiger partial charge in [-0.15, -0.1) is 5.06 Å². The minimum atomic E-state index is -0.635. The van der Waals surface area contributed by atoms with E-state index in [0.717, 1.165) is 26.2 Å². The molecule has 0 amide bonds. The van der Waals surface area contributed by atoms with Crippen molar-refractivity contribution >= 4 is 6.16 Å². The van der Waals surface area contributed by atoms with Gasteiger partial charge in [0.1, 0.15) is 5.60 Å². The van der Waals surface area contributed by atoms with Crippen molar-refractivity contribution in [2.24, 2.45) is 0 Å². The summed E-state index contributed by atoms with van der Waals surface area (Å²) in [6.45, 7) is 10.5. The molecule has 118 valence electrons. The summed E-state index contributed by atoms with van der Waals surface area (Å²) in [5.41, 5.74) is -0.528. The molecular formula is C14H29N3O3. The van der Waals surface area contributed by atoms with E-state index in [4.69, 9.17) is 9.57 Å². The molecule has 1 saturated heterocycles. The summed E-state index contributed by atoms with van der Waals surface area (Å²) < 4.78 is 5.17. The summed E-state index contributed by atoms with van der Waals surface area (Å²) in [6, 6.07) is 0. The fourth-order valence-electron chi connectivity index (χ4n) is 1.91. The highest BCUT2D eigenvalue weighted by molar-refractivity contribution is 5.60. The molecule has 20 heavy (non-hydrogen) atoms. The molecule has 1 fully saturated rings. The van der Waals surface area contributed by atoms with Gasteiger partial charge in [-0.25, -0.2) is 4.79 Å². The Morgan fingerprint density at radius 2 is 1.50 bits per heavy atom. The first-order chi connectivity index (χ1) is 9.47. The molecule has 6 heteroatoms. The SMILES string of the molecule is CC(C)(C)OC(=O)ON1CCNCCCCCNCC1. The first-order valence-electron chi connectivity index (χ1n) is 7.55. The Hall–Kier alpha value is -0.850. The van der Waals surface area contributed by atoms with Crippen molar-refractivity contribution < 1.29 is 14.4 Å². The van der Waals surface area contributed by atoms with E-state index in [-0.39, 0.29) is 0 Å². The Bertz CT molecular complexity index is 267. The lowest BCUT2D eigenvalue weighted by Crippen LogP contribution is -2.40. The summed E-state index contributed by atoms with van der Waals surface area (Å²) in [7, 11) is 0. The number of carbonyl (C=O) groups is 1. The average Bonchev–Trinajstić information content (AvgIpc) is 2.30. The van der Waals surface area contributed by atoms with Crippen molar-refractivity contribution in [1.29, 1.82) is 0 Å². The molecule has 1 aliphatic heterocycles. The molecule has 0 aliphatic carbocycles. The smallest absolute Gasteiger partial charge is 0.427 e. The summed E-state index contributed by atoms with van der Waals surface area (Å²) >= 11 is 0. The predicted molar refractivity (Wildman–Crippen MR) is 78.5 cm³/mol. The van der Waals surface area contributed by atoms with E-state index >= 15 is 0 Å². The zero-order valence-electron chi connectivity index (χ0n) is 13.0. The molecule has 0 bridgehead atoms. The minimum absolute atomic E-state index is 0.528. The first kappa shape index (κ1) is 17.2. The van der Waals surface area contributed by atoms with E-state index < -0.39 is 11.8 Å². The van der Waals surface area contributed by atoms with Gasteiger partial charge in [-0.05, 0) is 46.7 Å². The normalized spacial score (nSPS) is 20.6. The second kappa shape index (κ2) is 9.15. The second-order valence-electron chi connectivity index (χ2n) is 6.05. The molecule has 0 aromatic rings. The fourth-order valence-corrected chi connectivity index (χ4v) is 1.91. The van der Waals surface area contributed by atoms with Crippen LogP contribution in [-0.2, 0) is 9.57 Å². The van der Waals surface area contributed by atoms with Crippen molar-refractivity contribution in [3.63, 3.8) is 0 Å². The molecular weight excluding hydrogens is 258 g/mol. The van der Waals surface area contributed by atoms with E-state index in [1.165, 1.54) is 19.3 Å². The molecule has 1 rings (SSSR count). The molecule has 0 atom stereocenters. The van der Waals surface area contributed by atoms with Crippen LogP contribution in [0.3, 0.4) is 0 Å². The number of carbonyl (C=O) groups excluding carboxylic acids is 1. The van der Waals surface area contributed by atoms with Crippen LogP contribution in [0.2, 0.25) is 0 Å². The number of hydroxylamine groups is 2. The van der Waals surface area contributed by atoms with Crippen LogP contribution in [0.4, 0.5) is 4.79 Å². The largest absolute Gasteiger partial charge is 0.528 e. The minimum Gasteiger partial charge on any atom is -0.427 e. The maximum atomic E-state index is 11.7. The molecule has 0 radical (unpaired) electrons. The van der Waals surface area contributed by atoms with E-state index in [1.807, 2.05) is 20.8 Å². The molecule has 1 aliphatic rings. The molecule has 0 spiro atoms. The quantitative estimate of drug-likeness (QED) is 0.713. The lowest BCUT2D eigenvalue weighted by atomic mass is 10.2. The van der Waals surface area contributed by atoms with Gasteiger partial charge in [0.05, 0.1) is 0 Å². The van der Waals surface area contributed by atoms with Crippen molar-refractivity contribution in [3.8, 4) is 0 Å². The Balaban J connectivity index is 2.36. The number of rotatable bonds is 1. The number of nitrogens with zero attached hydrogens (tertiary/aromatic N) is 1. The van der Waals surface area contributed by atoms with Gasteiger partial charge < -0.3 is 20.2 Å². The van der Waals surface area contributed by atoms with E-state index in [0.29, 0.717) is 13.1 Å². The number of ether oxygens (including phenoxy) is 1. The van der Waals surface area contributed by atoms with Crippen molar-refractivity contribution in [1.82, 2.24) is 15.7 Å². The van der Waals surface area contributed by atoms with Crippen LogP contribution in [0.25, 0.3) is 0 Å². The third kappa shape index (κ3) is 9.12. The highest BCUT2D eigenvalue weighted by Gasteiger charge is 2.20. The lowest BCUT2D eigenvalue weighted by molar-refractivity contribution is -0.141. The molecule has 0 saturated carbocycles. The number of nitrogens with one attached hydrogen (secondary N) is 2. The Morgan fingerprint density at radius 1 is 0.950 bits per heavy atom. The average molecular weight is 287 g/mol. The van der Waals surface area contributed by atoms with Crippen LogP contribution in [0.15, 0.2) is 0 Å². The highest BCUT2D eigenvalue weighted by atomic mass is 16.8. The monoisotopic (exact) mass is 287 g/mol. The maximum absolute atomic E-state index is 11.7. The van der Waals surface area contributed by atoms with Gasteiger partial charge in [-0.1, -0.05) is 6.42 Å². The Morgan fingerprint density at radius 3 is 2.00 bits per heavy atom. The van der Waals surface area contributed by atoms with Crippen molar-refractivity contribution in [2.75, 3.05) is 39.3 Å². The molecule has 0 unspecified atom stereocenters. The zero-order chi connectivity index (χ0) is 14.8. The maximum Gasteiger partial charge on any atom is 0.528 e. The summed E-state index contributed by atoms with van der Waals surface area (Å²) in [6.07, 6.45) is 2.99. The Labute approximate surface area is 122 Å². The topological polar surface area (TPSA) is 62.8 Å². The third-order valence-electron chi connectivity index (χ3n) is 2.88. The van der Waals surface area contributed by atoms with Crippen LogP contribution in [0, 0.1) is 0 Å². The van der Waals surface area contributed by atoms with Gasteiger partial charge >= 0.3 is 6.16 Å². The van der Waals surface area contributed by atoms with Gasteiger partial charge in [0.15, 0.2) is 0 Å². The standard InChI is InChI=1S/C14H29N3O3/c1-14(2,3)19-13(18)20-17-11-9-15-7-5-4-6-8-16-10-12-17/h15-16H,4-12H2,1-3H3. The molecule has 1 heterocycles. The van der Waals surface area contributed by atoms with Gasteiger partial charge in [0.25, 0.3) is 0 Å². The molecule has 0 aromatic heterocycles. The van der Waals surface area contributed by atoms with E-state index in [1.54, 1.807) is 5.06 Å².